The molecule has 0 aromatic heterocycles. The third kappa shape index (κ3) is 5.02. The van der Waals surface area contributed by atoms with Crippen LogP contribution >= 0.6 is 0 Å². The molecule has 1 aromatic carbocycles. The van der Waals surface area contributed by atoms with E-state index in [1.54, 1.807) is 19.2 Å². The van der Waals surface area contributed by atoms with Crippen molar-refractivity contribution < 1.29 is 14.6 Å². The highest BCUT2D eigenvalue weighted by molar-refractivity contribution is 5.39. The van der Waals surface area contributed by atoms with Crippen LogP contribution in [-0.4, -0.2) is 24.5 Å². The van der Waals surface area contributed by atoms with Crippen molar-refractivity contribution in [2.45, 2.75) is 52.4 Å². The van der Waals surface area contributed by atoms with Gasteiger partial charge in [-0.1, -0.05) is 39.3 Å². The number of hydrogen-bond acceptors (Lipinski definition) is 4. The Morgan fingerprint density at radius 3 is 2.40 bits per heavy atom. The number of benzene rings is 1. The molecule has 1 aromatic rings. The molecule has 3 N–H and O–H groups in total. The number of hydrogen-bond donors (Lipinski definition) is 2. The molecule has 2 atom stereocenters. The van der Waals surface area contributed by atoms with Gasteiger partial charge >= 0.3 is 0 Å². The number of methoxy groups -OCH3 is 1. The molecule has 0 aliphatic heterocycles. The van der Waals surface area contributed by atoms with Crippen molar-refractivity contribution in [1.29, 1.82) is 0 Å². The van der Waals surface area contributed by atoms with E-state index in [-0.39, 0.29) is 5.41 Å². The summed E-state index contributed by atoms with van der Waals surface area (Å²) in [7, 11) is 1.58. The third-order valence-electron chi connectivity index (χ3n) is 3.40. The molecule has 0 saturated heterocycles. The molecule has 0 fully saturated rings. The van der Waals surface area contributed by atoms with Gasteiger partial charge in [-0.3, -0.25) is 5.73 Å². The summed E-state index contributed by atoms with van der Waals surface area (Å²) in [5.74, 6) is 1.16. The zero-order chi connectivity index (χ0) is 15.2. The van der Waals surface area contributed by atoms with Gasteiger partial charge in [0.25, 0.3) is 0 Å². The van der Waals surface area contributed by atoms with E-state index in [0.29, 0.717) is 17.9 Å². The quantitative estimate of drug-likeness (QED) is 0.719. The second kappa shape index (κ2) is 7.50. The van der Waals surface area contributed by atoms with Gasteiger partial charge in [-0.15, -0.1) is 0 Å². The first-order chi connectivity index (χ1) is 9.39. The highest BCUT2D eigenvalue weighted by Crippen LogP contribution is 2.31. The maximum Gasteiger partial charge on any atom is 0.174 e. The van der Waals surface area contributed by atoms with Crippen LogP contribution in [0.15, 0.2) is 24.3 Å². The zero-order valence-electron chi connectivity index (χ0n) is 12.9. The summed E-state index contributed by atoms with van der Waals surface area (Å²) in [6.07, 6.45) is 1.27. The lowest BCUT2D eigenvalue weighted by molar-refractivity contribution is 0.00825. The van der Waals surface area contributed by atoms with Crippen molar-refractivity contribution in [2.75, 3.05) is 7.11 Å². The van der Waals surface area contributed by atoms with Crippen molar-refractivity contribution >= 4 is 0 Å². The minimum absolute atomic E-state index is 0.0515. The molecule has 0 heterocycles. The largest absolute Gasteiger partial charge is 0.493 e. The highest BCUT2D eigenvalue weighted by atomic mass is 16.5. The van der Waals surface area contributed by atoms with E-state index in [4.69, 9.17) is 15.2 Å². The van der Waals surface area contributed by atoms with Crippen LogP contribution in [0.1, 0.15) is 40.0 Å². The number of aliphatic hydroxyl groups excluding tert-OH is 1. The van der Waals surface area contributed by atoms with E-state index < -0.39 is 12.3 Å². The first kappa shape index (κ1) is 16.8. The van der Waals surface area contributed by atoms with E-state index in [0.717, 1.165) is 12.8 Å². The second-order valence-electron chi connectivity index (χ2n) is 5.92. The van der Waals surface area contributed by atoms with Crippen molar-refractivity contribution in [1.82, 2.24) is 0 Å². The van der Waals surface area contributed by atoms with Gasteiger partial charge in [-0.05, 0) is 30.4 Å². The zero-order valence-corrected chi connectivity index (χ0v) is 12.9. The molecular formula is C16H27NO3. The summed E-state index contributed by atoms with van der Waals surface area (Å²) < 4.78 is 10.8. The Morgan fingerprint density at radius 1 is 1.25 bits per heavy atom. The van der Waals surface area contributed by atoms with Crippen molar-refractivity contribution in [2.24, 2.45) is 11.1 Å². The second-order valence-corrected chi connectivity index (χ2v) is 5.92. The van der Waals surface area contributed by atoms with Crippen LogP contribution in [0.5, 0.6) is 11.5 Å². The predicted octanol–water partition coefficient (Wildman–Crippen LogP) is 2.94. The van der Waals surface area contributed by atoms with Crippen molar-refractivity contribution in [3.8, 4) is 11.5 Å². The van der Waals surface area contributed by atoms with E-state index >= 15 is 0 Å². The Hall–Kier alpha value is -1.26. The molecule has 0 aliphatic rings. The summed E-state index contributed by atoms with van der Waals surface area (Å²) in [5, 5.41) is 10.2. The van der Waals surface area contributed by atoms with Gasteiger partial charge in [0.2, 0.25) is 0 Å². The molecular weight excluding hydrogens is 254 g/mol. The molecule has 1 rings (SSSR count). The maximum atomic E-state index is 10.2. The summed E-state index contributed by atoms with van der Waals surface area (Å²) in [5.41, 5.74) is 6.00. The minimum Gasteiger partial charge on any atom is -0.493 e. The summed E-state index contributed by atoms with van der Waals surface area (Å²) >= 11 is 0. The van der Waals surface area contributed by atoms with Crippen molar-refractivity contribution in [3.05, 3.63) is 24.3 Å². The molecule has 0 bridgehead atoms. The van der Waals surface area contributed by atoms with Gasteiger partial charge in [0, 0.05) is 0 Å². The van der Waals surface area contributed by atoms with Crippen LogP contribution in [-0.2, 0) is 0 Å². The van der Waals surface area contributed by atoms with E-state index in [2.05, 4.69) is 20.8 Å². The normalized spacial score (nSPS) is 14.7. The fraction of sp³-hybridized carbons (Fsp3) is 0.625. The summed E-state index contributed by atoms with van der Waals surface area (Å²) in [4.78, 5) is 0. The third-order valence-corrected chi connectivity index (χ3v) is 3.40. The summed E-state index contributed by atoms with van der Waals surface area (Å²) in [6.45, 7) is 6.41. The van der Waals surface area contributed by atoms with Gasteiger partial charge in [-0.25, -0.2) is 0 Å². The molecule has 4 heteroatoms. The maximum absolute atomic E-state index is 10.2. The van der Waals surface area contributed by atoms with Crippen molar-refractivity contribution in [3.63, 3.8) is 0 Å². The lowest BCUT2D eigenvalue weighted by atomic mass is 9.82. The number of ether oxygens (including phenoxy) is 2. The molecule has 0 aliphatic carbocycles. The molecule has 0 saturated carbocycles. The van der Waals surface area contributed by atoms with E-state index in [1.165, 1.54) is 0 Å². The average molecular weight is 281 g/mol. The number of rotatable bonds is 8. The van der Waals surface area contributed by atoms with Crippen LogP contribution < -0.4 is 15.2 Å². The molecule has 2 unspecified atom stereocenters. The van der Waals surface area contributed by atoms with Crippen LogP contribution in [0.3, 0.4) is 0 Å². The molecule has 0 radical (unpaired) electrons. The minimum atomic E-state index is -0.762. The van der Waals surface area contributed by atoms with Crippen LogP contribution in [0.25, 0.3) is 0 Å². The van der Waals surface area contributed by atoms with Gasteiger partial charge in [0.1, 0.15) is 6.10 Å². The number of nitrogens with two attached hydrogens (primary N) is 1. The SMILES string of the molecule is CCCC(C)(C)CC(O)C(N)Oc1ccccc1OC. The van der Waals surface area contributed by atoms with Crippen LogP contribution in [0, 0.1) is 5.41 Å². The summed E-state index contributed by atoms with van der Waals surface area (Å²) in [6, 6.07) is 7.29. The standard InChI is InChI=1S/C16H27NO3/c1-5-10-16(2,3)11-12(18)15(17)20-14-9-7-6-8-13(14)19-4/h6-9,12,15,18H,5,10-11,17H2,1-4H3. The molecule has 0 spiro atoms. The topological polar surface area (TPSA) is 64.7 Å². The molecule has 114 valence electrons. The Labute approximate surface area is 121 Å². The van der Waals surface area contributed by atoms with E-state index in [1.807, 2.05) is 12.1 Å². The predicted molar refractivity (Wildman–Crippen MR) is 80.9 cm³/mol. The fourth-order valence-electron chi connectivity index (χ4n) is 2.40. The van der Waals surface area contributed by atoms with E-state index in [9.17, 15) is 5.11 Å². The van der Waals surface area contributed by atoms with Gasteiger partial charge in [0.05, 0.1) is 7.11 Å². The lowest BCUT2D eigenvalue weighted by Gasteiger charge is -2.30. The Morgan fingerprint density at radius 2 is 1.85 bits per heavy atom. The average Bonchev–Trinajstić information content (AvgIpc) is 2.38. The van der Waals surface area contributed by atoms with Gasteiger partial charge in [-0.2, -0.15) is 0 Å². The van der Waals surface area contributed by atoms with Gasteiger partial charge in [0.15, 0.2) is 17.7 Å². The number of aliphatic hydroxyl groups is 1. The Bertz CT molecular complexity index is 406. The fourth-order valence-corrected chi connectivity index (χ4v) is 2.40. The monoisotopic (exact) mass is 281 g/mol. The van der Waals surface area contributed by atoms with Crippen LogP contribution in [0.2, 0.25) is 0 Å². The Balaban J connectivity index is 2.63. The van der Waals surface area contributed by atoms with Crippen LogP contribution in [0.4, 0.5) is 0 Å². The molecule has 4 nitrogen and oxygen atoms in total. The molecule has 20 heavy (non-hydrogen) atoms. The van der Waals surface area contributed by atoms with Gasteiger partial charge < -0.3 is 14.6 Å². The smallest absolute Gasteiger partial charge is 0.174 e. The first-order valence-corrected chi connectivity index (χ1v) is 7.13. The first-order valence-electron chi connectivity index (χ1n) is 7.13. The highest BCUT2D eigenvalue weighted by Gasteiger charge is 2.26. The Kier molecular flexibility index (Phi) is 6.30. The lowest BCUT2D eigenvalue weighted by Crippen LogP contribution is -2.42. The molecule has 0 amide bonds. The number of para-hydroxylation sites is 2.